The minimum Gasteiger partial charge on any atom is -0.320 e. The van der Waals surface area contributed by atoms with Gasteiger partial charge in [-0.15, -0.1) is 0 Å². The second-order valence-electron chi connectivity index (χ2n) is 4.60. The molecule has 2 aromatic carbocycles. The van der Waals surface area contributed by atoms with Gasteiger partial charge in [-0.25, -0.2) is 4.98 Å². The number of rotatable bonds is 2. The summed E-state index contributed by atoms with van der Waals surface area (Å²) in [5.41, 5.74) is 4.20. The van der Waals surface area contributed by atoms with Crippen LogP contribution in [0.4, 0.5) is 0 Å². The maximum Gasteiger partial charge on any atom is 0.200 e. The Morgan fingerprint density at radius 3 is 2.00 bits per heavy atom. The van der Waals surface area contributed by atoms with E-state index in [2.05, 4.69) is 23.2 Å². The Balaban J connectivity index is 2.22. The molecule has 0 spiro atoms. The standard InChI is InChI=1S/C17H14N2S/c1-19-16(14-10-6-3-7-11-14)12-15(18-17(19)20)13-8-4-2-5-9-13/h2-12H,1H3. The number of hydrogen-bond acceptors (Lipinski definition) is 2. The molecule has 2 nitrogen and oxygen atoms in total. The summed E-state index contributed by atoms with van der Waals surface area (Å²) in [4.78, 5) is 4.51. The second-order valence-corrected chi connectivity index (χ2v) is 4.97. The van der Waals surface area contributed by atoms with Crippen molar-refractivity contribution in [1.29, 1.82) is 0 Å². The summed E-state index contributed by atoms with van der Waals surface area (Å²) in [6.07, 6.45) is 0. The molecule has 1 aromatic heterocycles. The van der Waals surface area contributed by atoms with Crippen LogP contribution in [0.1, 0.15) is 0 Å². The molecule has 0 aliphatic heterocycles. The summed E-state index contributed by atoms with van der Waals surface area (Å²) >= 11 is 5.38. The van der Waals surface area contributed by atoms with Crippen LogP contribution in [0.15, 0.2) is 66.7 Å². The Morgan fingerprint density at radius 1 is 0.850 bits per heavy atom. The first kappa shape index (κ1) is 12.8. The van der Waals surface area contributed by atoms with Gasteiger partial charge in [-0.05, 0) is 23.8 Å². The van der Waals surface area contributed by atoms with E-state index in [0.29, 0.717) is 4.77 Å². The van der Waals surface area contributed by atoms with Crippen LogP contribution in [0, 0.1) is 4.77 Å². The fraction of sp³-hybridized carbons (Fsp3) is 0.0588. The highest BCUT2D eigenvalue weighted by molar-refractivity contribution is 7.71. The zero-order valence-electron chi connectivity index (χ0n) is 11.2. The Labute approximate surface area is 123 Å². The maximum absolute atomic E-state index is 5.38. The molecule has 0 radical (unpaired) electrons. The molecule has 3 heteroatoms. The number of benzene rings is 2. The Kier molecular flexibility index (Phi) is 3.44. The fourth-order valence-electron chi connectivity index (χ4n) is 2.18. The van der Waals surface area contributed by atoms with Gasteiger partial charge in [0.05, 0.1) is 11.4 Å². The molecule has 0 aliphatic carbocycles. The summed E-state index contributed by atoms with van der Waals surface area (Å²) in [5.74, 6) is 0. The zero-order chi connectivity index (χ0) is 13.9. The lowest BCUT2D eigenvalue weighted by Crippen LogP contribution is -2.01. The first-order valence-corrected chi connectivity index (χ1v) is 6.85. The first-order valence-electron chi connectivity index (χ1n) is 6.44. The molecule has 98 valence electrons. The van der Waals surface area contributed by atoms with Crippen molar-refractivity contribution < 1.29 is 0 Å². The van der Waals surface area contributed by atoms with Crippen molar-refractivity contribution in [3.05, 3.63) is 71.5 Å². The fourth-order valence-corrected chi connectivity index (χ4v) is 2.38. The number of hydrogen-bond donors (Lipinski definition) is 0. The van der Waals surface area contributed by atoms with Crippen LogP contribution in [0.5, 0.6) is 0 Å². The molecule has 3 aromatic rings. The van der Waals surface area contributed by atoms with Crippen molar-refractivity contribution in [2.24, 2.45) is 7.05 Å². The monoisotopic (exact) mass is 278 g/mol. The van der Waals surface area contributed by atoms with E-state index in [9.17, 15) is 0 Å². The van der Waals surface area contributed by atoms with E-state index >= 15 is 0 Å². The summed E-state index contributed by atoms with van der Waals surface area (Å²) in [7, 11) is 1.95. The molecule has 3 rings (SSSR count). The Morgan fingerprint density at radius 2 is 1.40 bits per heavy atom. The van der Waals surface area contributed by atoms with Crippen LogP contribution in [0.3, 0.4) is 0 Å². The van der Waals surface area contributed by atoms with E-state index in [-0.39, 0.29) is 0 Å². The third kappa shape index (κ3) is 2.40. The Hall–Kier alpha value is -2.26. The van der Waals surface area contributed by atoms with Gasteiger partial charge < -0.3 is 4.57 Å². The topological polar surface area (TPSA) is 17.8 Å². The van der Waals surface area contributed by atoms with Gasteiger partial charge in [-0.2, -0.15) is 0 Å². The normalized spacial score (nSPS) is 10.4. The van der Waals surface area contributed by atoms with Gasteiger partial charge in [0, 0.05) is 12.6 Å². The highest BCUT2D eigenvalue weighted by Crippen LogP contribution is 2.24. The lowest BCUT2D eigenvalue weighted by Gasteiger charge is -2.11. The molecule has 1 heterocycles. The average molecular weight is 278 g/mol. The highest BCUT2D eigenvalue weighted by Gasteiger charge is 2.06. The van der Waals surface area contributed by atoms with Crippen molar-refractivity contribution >= 4 is 12.2 Å². The number of nitrogens with zero attached hydrogens (tertiary/aromatic N) is 2. The molecule has 0 aliphatic rings. The largest absolute Gasteiger partial charge is 0.320 e. The van der Waals surface area contributed by atoms with Gasteiger partial charge in [-0.1, -0.05) is 60.7 Å². The number of aromatic nitrogens is 2. The molecular formula is C17H14N2S. The van der Waals surface area contributed by atoms with Gasteiger partial charge in [0.1, 0.15) is 0 Å². The molecule has 0 fully saturated rings. The van der Waals surface area contributed by atoms with Crippen LogP contribution < -0.4 is 0 Å². The van der Waals surface area contributed by atoms with Crippen molar-refractivity contribution in [3.63, 3.8) is 0 Å². The third-order valence-corrected chi connectivity index (χ3v) is 3.64. The van der Waals surface area contributed by atoms with Gasteiger partial charge in [0.2, 0.25) is 0 Å². The Bertz CT molecular complexity index is 777. The predicted molar refractivity (Wildman–Crippen MR) is 84.9 cm³/mol. The van der Waals surface area contributed by atoms with Gasteiger partial charge >= 0.3 is 0 Å². The predicted octanol–water partition coefficient (Wildman–Crippen LogP) is 4.48. The molecule has 0 N–H and O–H groups in total. The lowest BCUT2D eigenvalue weighted by molar-refractivity contribution is 0.856. The van der Waals surface area contributed by atoms with E-state index in [4.69, 9.17) is 12.2 Å². The van der Waals surface area contributed by atoms with Crippen LogP contribution in [0.25, 0.3) is 22.5 Å². The SMILES string of the molecule is Cn1c(-c2ccccc2)cc(-c2ccccc2)nc1=S. The van der Waals surface area contributed by atoms with E-state index in [1.807, 2.05) is 60.1 Å². The maximum atomic E-state index is 5.38. The highest BCUT2D eigenvalue weighted by atomic mass is 32.1. The lowest BCUT2D eigenvalue weighted by atomic mass is 10.1. The smallest absolute Gasteiger partial charge is 0.200 e. The van der Waals surface area contributed by atoms with Crippen LogP contribution in [-0.4, -0.2) is 9.55 Å². The molecule has 0 unspecified atom stereocenters. The van der Waals surface area contributed by atoms with Gasteiger partial charge in [0.15, 0.2) is 4.77 Å². The quantitative estimate of drug-likeness (QED) is 0.643. The van der Waals surface area contributed by atoms with E-state index in [0.717, 1.165) is 22.5 Å². The molecule has 0 saturated carbocycles. The summed E-state index contributed by atoms with van der Waals surface area (Å²) in [5, 5.41) is 0. The van der Waals surface area contributed by atoms with Crippen molar-refractivity contribution in [3.8, 4) is 22.5 Å². The molecule has 0 atom stereocenters. The molecule has 20 heavy (non-hydrogen) atoms. The summed E-state index contributed by atoms with van der Waals surface area (Å²) < 4.78 is 2.53. The van der Waals surface area contributed by atoms with Crippen LogP contribution in [-0.2, 0) is 7.05 Å². The molecular weight excluding hydrogens is 264 g/mol. The van der Waals surface area contributed by atoms with E-state index in [1.165, 1.54) is 0 Å². The van der Waals surface area contributed by atoms with Crippen LogP contribution >= 0.6 is 12.2 Å². The average Bonchev–Trinajstić information content (AvgIpc) is 2.51. The molecule has 0 saturated heterocycles. The van der Waals surface area contributed by atoms with Gasteiger partial charge in [0.25, 0.3) is 0 Å². The minimum atomic E-state index is 0.588. The summed E-state index contributed by atoms with van der Waals surface area (Å²) in [6.45, 7) is 0. The van der Waals surface area contributed by atoms with Gasteiger partial charge in [-0.3, -0.25) is 0 Å². The van der Waals surface area contributed by atoms with Crippen molar-refractivity contribution in [2.75, 3.05) is 0 Å². The van der Waals surface area contributed by atoms with E-state index in [1.54, 1.807) is 0 Å². The van der Waals surface area contributed by atoms with Crippen molar-refractivity contribution in [1.82, 2.24) is 9.55 Å². The van der Waals surface area contributed by atoms with E-state index < -0.39 is 0 Å². The molecule has 0 amide bonds. The van der Waals surface area contributed by atoms with Crippen LogP contribution in [0.2, 0.25) is 0 Å². The molecule has 0 bridgehead atoms. The zero-order valence-corrected chi connectivity index (χ0v) is 12.0. The summed E-state index contributed by atoms with van der Waals surface area (Å²) in [6, 6.07) is 22.4. The second kappa shape index (κ2) is 5.39. The first-order chi connectivity index (χ1) is 9.75. The third-order valence-electron chi connectivity index (χ3n) is 3.28. The minimum absolute atomic E-state index is 0.588. The van der Waals surface area contributed by atoms with Crippen molar-refractivity contribution in [2.45, 2.75) is 0 Å².